The second-order valence-electron chi connectivity index (χ2n) is 12.3. The SMILES string of the molecule is B[C@H](CCCN(C)C)N(CCNC)c1c(N)ccc2c1C(=O)C1=C(C2=O)C(N(CCNC)[C@H](B)CCCNC)C(N)C=C1. The molecule has 43 heavy (non-hydrogen) atoms. The van der Waals surface area contributed by atoms with E-state index < -0.39 is 12.1 Å². The lowest BCUT2D eigenvalue weighted by molar-refractivity contribution is 0.0938. The molecule has 0 spiro atoms. The zero-order chi connectivity index (χ0) is 31.7. The Morgan fingerprint density at radius 3 is 2.19 bits per heavy atom. The maximum Gasteiger partial charge on any atom is 0.196 e. The van der Waals surface area contributed by atoms with Gasteiger partial charge < -0.3 is 37.2 Å². The normalized spacial score (nSPS) is 19.6. The van der Waals surface area contributed by atoms with Crippen LogP contribution in [-0.4, -0.2) is 136 Å². The summed E-state index contributed by atoms with van der Waals surface area (Å²) in [4.78, 5) is 35.7. The number of nitrogens with one attached hydrogen (secondary N) is 3. The highest BCUT2D eigenvalue weighted by Crippen LogP contribution is 2.41. The summed E-state index contributed by atoms with van der Waals surface area (Å²) >= 11 is 0. The summed E-state index contributed by atoms with van der Waals surface area (Å²) in [5.41, 5.74) is 16.4. The molecule has 0 fully saturated rings. The molecule has 0 radical (unpaired) electrons. The number of fused-ring (bicyclic) bond motifs is 1. The highest BCUT2D eigenvalue weighted by atomic mass is 16.1. The quantitative estimate of drug-likeness (QED) is 0.0824. The largest absolute Gasteiger partial charge is 0.397 e. The molecular weight excluding hydrogens is 538 g/mol. The second kappa shape index (κ2) is 16.6. The average molecular weight is 592 g/mol. The van der Waals surface area contributed by atoms with Crippen LogP contribution in [0, 0.1) is 0 Å². The number of Topliss-reactive ketones (excluding diaryl/α,β-unsaturated/α-hetero) is 2. The molecule has 0 aromatic heterocycles. The summed E-state index contributed by atoms with van der Waals surface area (Å²) < 4.78 is 0. The van der Waals surface area contributed by atoms with E-state index in [-0.39, 0.29) is 23.4 Å². The third-order valence-electron chi connectivity index (χ3n) is 8.85. The van der Waals surface area contributed by atoms with Crippen LogP contribution in [0.4, 0.5) is 11.4 Å². The Balaban J connectivity index is 2.09. The Labute approximate surface area is 260 Å². The molecule has 1 aromatic rings. The van der Waals surface area contributed by atoms with Gasteiger partial charge in [0.1, 0.15) is 15.7 Å². The fourth-order valence-corrected chi connectivity index (χ4v) is 6.47. The van der Waals surface area contributed by atoms with Crippen LogP contribution in [0.3, 0.4) is 0 Å². The first-order chi connectivity index (χ1) is 20.6. The summed E-state index contributed by atoms with van der Waals surface area (Å²) in [5.74, 6) is 0.0241. The molecule has 10 nitrogen and oxygen atoms in total. The Hall–Kier alpha value is -2.47. The van der Waals surface area contributed by atoms with Crippen molar-refractivity contribution in [2.75, 3.05) is 85.1 Å². The van der Waals surface area contributed by atoms with E-state index in [1.807, 2.05) is 27.2 Å². The molecule has 4 atom stereocenters. The van der Waals surface area contributed by atoms with Crippen LogP contribution < -0.4 is 32.3 Å². The lowest BCUT2D eigenvalue weighted by atomic mass is 9.73. The zero-order valence-corrected chi connectivity index (χ0v) is 27.5. The van der Waals surface area contributed by atoms with Gasteiger partial charge in [-0.3, -0.25) is 14.5 Å². The first-order valence-electron chi connectivity index (χ1n) is 15.9. The van der Waals surface area contributed by atoms with Crippen molar-refractivity contribution in [3.8, 4) is 0 Å². The number of carbonyl (C=O) groups excluding carboxylic acids is 2. The van der Waals surface area contributed by atoms with E-state index in [2.05, 4.69) is 60.4 Å². The number of benzene rings is 1. The molecule has 0 amide bonds. The minimum atomic E-state index is -0.405. The minimum Gasteiger partial charge on any atom is -0.397 e. The standard InChI is InChI=1S/C31H54B2N8O2/c1-36-14-6-8-24(32)40(18-15-37-2)28-22(34)12-10-20-26(28)30(42)21-11-13-23(35)29(27(21)31(20)43)41(19-16-38-3)25(33)9-7-17-39(4)5/h10-13,22,24-25,28,36-38H,6-9,14-19,32-35H2,1-5H3/t22?,24-,25-,28?/m0/s1. The lowest BCUT2D eigenvalue weighted by Crippen LogP contribution is -2.57. The second-order valence-corrected chi connectivity index (χ2v) is 12.3. The number of hydrogen-bond acceptors (Lipinski definition) is 10. The molecule has 7 N–H and O–H groups in total. The molecule has 12 heteroatoms. The maximum absolute atomic E-state index is 14.5. The predicted octanol–water partition coefficient (Wildman–Crippen LogP) is -0.983. The maximum atomic E-state index is 14.5. The molecule has 2 aliphatic rings. The average Bonchev–Trinajstić information content (AvgIpc) is 2.97. The number of rotatable bonds is 18. The van der Waals surface area contributed by atoms with E-state index in [1.165, 1.54) is 0 Å². The Kier molecular flexibility index (Phi) is 13.5. The van der Waals surface area contributed by atoms with Gasteiger partial charge in [-0.15, -0.1) is 0 Å². The van der Waals surface area contributed by atoms with Gasteiger partial charge in [-0.05, 0) is 98.0 Å². The first kappa shape index (κ1) is 35.0. The number of likely N-dealkylation sites (N-methyl/N-ethyl adjacent to an activating group) is 2. The van der Waals surface area contributed by atoms with Crippen molar-refractivity contribution >= 4 is 38.6 Å². The lowest BCUT2D eigenvalue weighted by Gasteiger charge is -2.43. The molecule has 2 unspecified atom stereocenters. The predicted molar refractivity (Wildman–Crippen MR) is 185 cm³/mol. The van der Waals surface area contributed by atoms with Crippen molar-refractivity contribution in [3.63, 3.8) is 0 Å². The van der Waals surface area contributed by atoms with Gasteiger partial charge in [0.2, 0.25) is 0 Å². The van der Waals surface area contributed by atoms with Crippen LogP contribution in [0.2, 0.25) is 0 Å². The molecule has 0 aliphatic heterocycles. The number of carbonyl (C=O) groups is 2. The fourth-order valence-electron chi connectivity index (χ4n) is 6.47. The molecule has 0 heterocycles. The summed E-state index contributed by atoms with van der Waals surface area (Å²) in [6.07, 6.45) is 7.56. The summed E-state index contributed by atoms with van der Waals surface area (Å²) in [5, 5.41) is 9.71. The van der Waals surface area contributed by atoms with Crippen LogP contribution >= 0.6 is 0 Å². The van der Waals surface area contributed by atoms with E-state index in [0.717, 1.165) is 51.9 Å². The minimum absolute atomic E-state index is 0.124. The van der Waals surface area contributed by atoms with Crippen molar-refractivity contribution in [3.05, 3.63) is 46.6 Å². The molecule has 3 rings (SSSR count). The highest BCUT2D eigenvalue weighted by Gasteiger charge is 2.44. The van der Waals surface area contributed by atoms with Crippen LogP contribution in [0.15, 0.2) is 35.4 Å². The number of allylic oxidation sites excluding steroid dienone is 2. The number of nitrogens with two attached hydrogens (primary N) is 2. The van der Waals surface area contributed by atoms with Crippen molar-refractivity contribution in [2.24, 2.45) is 5.73 Å². The third-order valence-corrected chi connectivity index (χ3v) is 8.85. The molecule has 236 valence electrons. The number of ketones is 2. The van der Waals surface area contributed by atoms with E-state index in [0.29, 0.717) is 46.7 Å². The number of nitrogen functional groups attached to an aromatic ring is 1. The van der Waals surface area contributed by atoms with Gasteiger partial charge in [-0.1, -0.05) is 12.2 Å². The number of hydrogen-bond donors (Lipinski definition) is 5. The highest BCUT2D eigenvalue weighted by molar-refractivity contribution is 6.31. The van der Waals surface area contributed by atoms with E-state index in [1.54, 1.807) is 18.2 Å². The Bertz CT molecular complexity index is 1170. The Morgan fingerprint density at radius 1 is 0.884 bits per heavy atom. The van der Waals surface area contributed by atoms with Crippen LogP contribution in [0.1, 0.15) is 46.4 Å². The smallest absolute Gasteiger partial charge is 0.196 e. The van der Waals surface area contributed by atoms with Crippen LogP contribution in [-0.2, 0) is 0 Å². The number of anilines is 2. The molecule has 1 aromatic carbocycles. The van der Waals surface area contributed by atoms with Gasteiger partial charge in [0.15, 0.2) is 11.6 Å². The first-order valence-corrected chi connectivity index (χ1v) is 15.9. The van der Waals surface area contributed by atoms with E-state index in [9.17, 15) is 9.59 Å². The molecule has 2 aliphatic carbocycles. The molecule has 0 saturated heterocycles. The fraction of sp³-hybridized carbons (Fsp3) is 0.613. The van der Waals surface area contributed by atoms with Crippen molar-refractivity contribution in [1.82, 2.24) is 25.8 Å². The van der Waals surface area contributed by atoms with Gasteiger partial charge in [0, 0.05) is 48.9 Å². The molecule has 0 saturated carbocycles. The van der Waals surface area contributed by atoms with Gasteiger partial charge in [-0.2, -0.15) is 0 Å². The van der Waals surface area contributed by atoms with Crippen molar-refractivity contribution in [2.45, 2.75) is 49.6 Å². The molecule has 0 bridgehead atoms. The topological polar surface area (TPSA) is 132 Å². The van der Waals surface area contributed by atoms with Crippen LogP contribution in [0.5, 0.6) is 0 Å². The summed E-state index contributed by atoms with van der Waals surface area (Å²) in [7, 11) is 14.3. The van der Waals surface area contributed by atoms with Gasteiger partial charge in [0.05, 0.1) is 23.0 Å². The molecular formula is C31H54B2N8O2. The monoisotopic (exact) mass is 592 g/mol. The van der Waals surface area contributed by atoms with Gasteiger partial charge in [-0.25, -0.2) is 0 Å². The van der Waals surface area contributed by atoms with Gasteiger partial charge >= 0.3 is 0 Å². The van der Waals surface area contributed by atoms with E-state index in [4.69, 9.17) is 11.5 Å². The van der Waals surface area contributed by atoms with Crippen LogP contribution in [0.25, 0.3) is 0 Å². The third kappa shape index (κ3) is 8.17. The summed E-state index contributed by atoms with van der Waals surface area (Å²) in [6, 6.07) is 2.73. The number of nitrogens with zero attached hydrogens (tertiary/aromatic N) is 3. The van der Waals surface area contributed by atoms with Gasteiger partial charge in [0.25, 0.3) is 0 Å². The van der Waals surface area contributed by atoms with Crippen molar-refractivity contribution < 1.29 is 9.59 Å². The summed E-state index contributed by atoms with van der Waals surface area (Å²) in [6.45, 7) is 4.74. The Morgan fingerprint density at radius 2 is 1.53 bits per heavy atom. The van der Waals surface area contributed by atoms with Crippen molar-refractivity contribution in [1.29, 1.82) is 0 Å². The zero-order valence-electron chi connectivity index (χ0n) is 27.5. The van der Waals surface area contributed by atoms with E-state index >= 15 is 0 Å².